The third-order valence-corrected chi connectivity index (χ3v) is 6.76. The Balaban J connectivity index is 2.04. The fourth-order valence-corrected chi connectivity index (χ4v) is 5.33. The van der Waals surface area contributed by atoms with Crippen LogP contribution in [0.2, 0.25) is 0 Å². The summed E-state index contributed by atoms with van der Waals surface area (Å²) in [4.78, 5) is 0. The quantitative estimate of drug-likeness (QED) is 0.657. The topological polar surface area (TPSA) is 36.9 Å². The highest BCUT2D eigenvalue weighted by Crippen LogP contribution is 2.54. The van der Waals surface area contributed by atoms with Gasteiger partial charge in [0.05, 0.1) is 34.0 Å². The van der Waals surface area contributed by atoms with Crippen molar-refractivity contribution in [1.29, 1.82) is 0 Å². The summed E-state index contributed by atoms with van der Waals surface area (Å²) in [7, 11) is 5.13. The van der Waals surface area contributed by atoms with Crippen LogP contribution in [0.15, 0.2) is 6.07 Å². The van der Waals surface area contributed by atoms with Crippen LogP contribution in [0.25, 0.3) is 0 Å². The largest absolute Gasteiger partial charge is 0.496 e. The minimum Gasteiger partial charge on any atom is -0.496 e. The van der Waals surface area contributed by atoms with Gasteiger partial charge in [-0.05, 0) is 48.5 Å². The lowest BCUT2D eigenvalue weighted by Crippen LogP contribution is -2.41. The first-order valence-electron chi connectivity index (χ1n) is 10.3. The van der Waals surface area contributed by atoms with Crippen LogP contribution in [-0.4, -0.2) is 27.9 Å². The number of hydrogen-bond donors (Lipinski definition) is 0. The predicted octanol–water partition coefficient (Wildman–Crippen LogP) is 5.74. The first-order chi connectivity index (χ1) is 12.8. The summed E-state index contributed by atoms with van der Waals surface area (Å²) >= 11 is 0. The lowest BCUT2D eigenvalue weighted by Gasteiger charge is -2.49. The fourth-order valence-electron chi connectivity index (χ4n) is 5.33. The van der Waals surface area contributed by atoms with Crippen molar-refractivity contribution in [3.05, 3.63) is 17.2 Å². The van der Waals surface area contributed by atoms with E-state index in [0.29, 0.717) is 17.3 Å². The van der Waals surface area contributed by atoms with Crippen LogP contribution in [0, 0.1) is 17.3 Å². The van der Waals surface area contributed by atoms with E-state index in [9.17, 15) is 0 Å². The van der Waals surface area contributed by atoms with Crippen molar-refractivity contribution in [2.45, 2.75) is 65.4 Å². The minimum absolute atomic E-state index is 0.0379. The van der Waals surface area contributed by atoms with Gasteiger partial charge >= 0.3 is 0 Å². The summed E-state index contributed by atoms with van der Waals surface area (Å²) in [6.07, 6.45) is 5.00. The molecule has 0 N–H and O–H groups in total. The second-order valence-electron chi connectivity index (χ2n) is 9.11. The Morgan fingerprint density at radius 1 is 1.07 bits per heavy atom. The molecule has 3 unspecified atom stereocenters. The lowest BCUT2D eigenvalue weighted by atomic mass is 9.61. The van der Waals surface area contributed by atoms with Crippen molar-refractivity contribution in [2.75, 3.05) is 27.9 Å². The summed E-state index contributed by atoms with van der Waals surface area (Å²) in [5.74, 6) is 4.03. The van der Waals surface area contributed by atoms with Gasteiger partial charge in [0.25, 0.3) is 0 Å². The smallest absolute Gasteiger partial charge is 0.167 e. The molecule has 152 valence electrons. The Morgan fingerprint density at radius 2 is 1.78 bits per heavy atom. The van der Waals surface area contributed by atoms with Crippen LogP contribution in [0.5, 0.6) is 17.2 Å². The van der Waals surface area contributed by atoms with Crippen molar-refractivity contribution >= 4 is 0 Å². The molecule has 4 heteroatoms. The van der Waals surface area contributed by atoms with Gasteiger partial charge in [0.1, 0.15) is 5.75 Å². The zero-order valence-electron chi connectivity index (χ0n) is 18.1. The van der Waals surface area contributed by atoms with E-state index in [0.717, 1.165) is 41.4 Å². The van der Waals surface area contributed by atoms with E-state index in [4.69, 9.17) is 18.9 Å². The van der Waals surface area contributed by atoms with Gasteiger partial charge in [-0.2, -0.15) is 0 Å². The van der Waals surface area contributed by atoms with Crippen molar-refractivity contribution in [3.63, 3.8) is 0 Å². The van der Waals surface area contributed by atoms with Crippen LogP contribution in [0.3, 0.4) is 0 Å². The molecule has 2 fully saturated rings. The number of methoxy groups -OCH3 is 3. The van der Waals surface area contributed by atoms with E-state index in [2.05, 4.69) is 33.8 Å². The third-order valence-electron chi connectivity index (χ3n) is 6.76. The molecule has 0 radical (unpaired) electrons. The Morgan fingerprint density at radius 3 is 2.37 bits per heavy atom. The Labute approximate surface area is 164 Å². The predicted molar refractivity (Wildman–Crippen MR) is 108 cm³/mol. The molecule has 4 nitrogen and oxygen atoms in total. The summed E-state index contributed by atoms with van der Waals surface area (Å²) < 4.78 is 23.7. The molecule has 0 bridgehead atoms. The Bertz CT molecular complexity index is 665. The summed E-state index contributed by atoms with van der Waals surface area (Å²) in [5, 5.41) is 0. The first kappa shape index (κ1) is 20.3. The molecule has 0 amide bonds. The molecule has 0 aromatic heterocycles. The first-order valence-corrected chi connectivity index (χ1v) is 10.3. The molecular formula is C23H36O4. The molecule has 1 saturated carbocycles. The van der Waals surface area contributed by atoms with Crippen LogP contribution in [0.1, 0.15) is 76.5 Å². The Kier molecular flexibility index (Phi) is 5.95. The SMILES string of the molecule is COc1cc(C2CC3C(CCCC3(C)C)CO2)c(OC)c(C(C)C)c1OC. The van der Waals surface area contributed by atoms with Crippen molar-refractivity contribution in [3.8, 4) is 17.2 Å². The van der Waals surface area contributed by atoms with E-state index in [1.165, 1.54) is 19.3 Å². The van der Waals surface area contributed by atoms with Gasteiger partial charge in [-0.1, -0.05) is 34.1 Å². The minimum atomic E-state index is 0.0379. The second kappa shape index (κ2) is 7.90. The summed E-state index contributed by atoms with van der Waals surface area (Å²) in [5.41, 5.74) is 2.52. The number of hydrogen-bond acceptors (Lipinski definition) is 4. The number of ether oxygens (including phenoxy) is 4. The highest BCUT2D eigenvalue weighted by molar-refractivity contribution is 5.60. The molecule has 1 aliphatic heterocycles. The molecule has 1 aliphatic carbocycles. The molecule has 0 spiro atoms. The van der Waals surface area contributed by atoms with E-state index in [1.807, 2.05) is 0 Å². The van der Waals surface area contributed by atoms with Crippen molar-refractivity contribution in [2.24, 2.45) is 17.3 Å². The number of rotatable bonds is 5. The second-order valence-corrected chi connectivity index (χ2v) is 9.11. The van der Waals surface area contributed by atoms with Crippen LogP contribution in [-0.2, 0) is 4.74 Å². The number of fused-ring (bicyclic) bond motifs is 1. The summed E-state index contributed by atoms with van der Waals surface area (Å²) in [6, 6.07) is 2.06. The van der Waals surface area contributed by atoms with E-state index in [-0.39, 0.29) is 12.0 Å². The van der Waals surface area contributed by atoms with Gasteiger partial charge in [-0.25, -0.2) is 0 Å². The van der Waals surface area contributed by atoms with Crippen LogP contribution < -0.4 is 14.2 Å². The molecule has 1 aromatic rings. The van der Waals surface area contributed by atoms with Gasteiger partial charge in [-0.15, -0.1) is 0 Å². The molecule has 1 saturated heterocycles. The van der Waals surface area contributed by atoms with Gasteiger partial charge in [0.2, 0.25) is 0 Å². The van der Waals surface area contributed by atoms with Gasteiger partial charge in [0, 0.05) is 11.1 Å². The van der Waals surface area contributed by atoms with Crippen LogP contribution >= 0.6 is 0 Å². The normalized spacial score (nSPS) is 27.2. The zero-order chi connectivity index (χ0) is 19.8. The van der Waals surface area contributed by atoms with Gasteiger partial charge in [0.15, 0.2) is 11.5 Å². The third kappa shape index (κ3) is 3.65. The molecule has 3 rings (SSSR count). The monoisotopic (exact) mass is 376 g/mol. The zero-order valence-corrected chi connectivity index (χ0v) is 18.1. The number of benzene rings is 1. The molecule has 2 aliphatic rings. The fraction of sp³-hybridized carbons (Fsp3) is 0.739. The lowest BCUT2D eigenvalue weighted by molar-refractivity contribution is -0.1000. The molecule has 27 heavy (non-hydrogen) atoms. The van der Waals surface area contributed by atoms with Crippen molar-refractivity contribution in [1.82, 2.24) is 0 Å². The maximum absolute atomic E-state index is 6.40. The van der Waals surface area contributed by atoms with Gasteiger partial charge in [-0.3, -0.25) is 0 Å². The highest BCUT2D eigenvalue weighted by Gasteiger charge is 2.44. The average Bonchev–Trinajstić information content (AvgIpc) is 2.65. The molecular weight excluding hydrogens is 340 g/mol. The van der Waals surface area contributed by atoms with E-state index >= 15 is 0 Å². The Hall–Kier alpha value is -1.42. The van der Waals surface area contributed by atoms with E-state index in [1.54, 1.807) is 21.3 Å². The van der Waals surface area contributed by atoms with E-state index < -0.39 is 0 Å². The standard InChI is InChI=1S/C23H36O4/c1-14(2)20-21(25-6)16(11-19(24-5)22(20)26-7)18-12-17-15(13-27-18)9-8-10-23(17,3)4/h11,14-15,17-18H,8-10,12-13H2,1-7H3. The van der Waals surface area contributed by atoms with Crippen LogP contribution in [0.4, 0.5) is 0 Å². The maximum Gasteiger partial charge on any atom is 0.167 e. The molecule has 3 atom stereocenters. The summed E-state index contributed by atoms with van der Waals surface area (Å²) in [6.45, 7) is 10.0. The van der Waals surface area contributed by atoms with Crippen molar-refractivity contribution < 1.29 is 18.9 Å². The molecule has 1 heterocycles. The highest BCUT2D eigenvalue weighted by atomic mass is 16.5. The molecule has 1 aromatic carbocycles. The average molecular weight is 377 g/mol. The van der Waals surface area contributed by atoms with Gasteiger partial charge < -0.3 is 18.9 Å². The maximum atomic E-state index is 6.40.